The van der Waals surface area contributed by atoms with Gasteiger partial charge in [-0.2, -0.15) is 18.3 Å². The van der Waals surface area contributed by atoms with Crippen molar-refractivity contribution in [2.24, 2.45) is 0 Å². The Bertz CT molecular complexity index is 1010. The Hall–Kier alpha value is -3.16. The fraction of sp³-hybridized carbons (Fsp3) is 0.118. The van der Waals surface area contributed by atoms with Crippen molar-refractivity contribution in [3.05, 3.63) is 66.0 Å². The van der Waals surface area contributed by atoms with E-state index in [1.807, 2.05) is 18.2 Å². The first kappa shape index (κ1) is 15.4. The van der Waals surface area contributed by atoms with Crippen molar-refractivity contribution in [2.45, 2.75) is 12.7 Å². The topological polar surface area (TPSA) is 59.4 Å². The van der Waals surface area contributed by atoms with E-state index in [9.17, 15) is 13.2 Å². The molecule has 0 saturated heterocycles. The molecular formula is C17H12F3N5. The lowest BCUT2D eigenvalue weighted by molar-refractivity contribution is -0.137. The fourth-order valence-corrected chi connectivity index (χ4v) is 2.68. The van der Waals surface area contributed by atoms with Gasteiger partial charge in [0.05, 0.1) is 30.0 Å². The molecule has 0 fully saturated rings. The standard InChI is InChI=1S/C17H12F3N5/c18-17(19,20)12-6-4-11(5-7-12)9-25-10-16(23-24-25)13-2-1-3-15-14(13)8-21-22-15/h1-8,10H,9H2,(H,21,22). The predicted octanol–water partition coefficient (Wildman–Crippen LogP) is 3.89. The maximum Gasteiger partial charge on any atom is 0.416 e. The Labute approximate surface area is 140 Å². The van der Waals surface area contributed by atoms with Crippen molar-refractivity contribution in [3.8, 4) is 11.3 Å². The van der Waals surface area contributed by atoms with Gasteiger partial charge in [0.2, 0.25) is 0 Å². The molecule has 4 rings (SSSR count). The van der Waals surface area contributed by atoms with Crippen LogP contribution in [0, 0.1) is 0 Å². The van der Waals surface area contributed by atoms with E-state index < -0.39 is 11.7 Å². The molecule has 1 N–H and O–H groups in total. The van der Waals surface area contributed by atoms with Gasteiger partial charge in [0.25, 0.3) is 0 Å². The summed E-state index contributed by atoms with van der Waals surface area (Å²) in [6.07, 6.45) is -0.846. The molecule has 5 nitrogen and oxygen atoms in total. The molecule has 0 unspecified atom stereocenters. The van der Waals surface area contributed by atoms with Crippen LogP contribution in [0.1, 0.15) is 11.1 Å². The molecule has 0 spiro atoms. The number of aromatic amines is 1. The average molecular weight is 343 g/mol. The summed E-state index contributed by atoms with van der Waals surface area (Å²) in [4.78, 5) is 0. The van der Waals surface area contributed by atoms with Crippen LogP contribution >= 0.6 is 0 Å². The van der Waals surface area contributed by atoms with Gasteiger partial charge >= 0.3 is 6.18 Å². The van der Waals surface area contributed by atoms with E-state index in [4.69, 9.17) is 0 Å². The van der Waals surface area contributed by atoms with E-state index in [1.165, 1.54) is 12.1 Å². The van der Waals surface area contributed by atoms with Gasteiger partial charge in [-0.25, -0.2) is 4.68 Å². The van der Waals surface area contributed by atoms with Crippen LogP contribution in [0.4, 0.5) is 13.2 Å². The lowest BCUT2D eigenvalue weighted by Gasteiger charge is -2.07. The summed E-state index contributed by atoms with van der Waals surface area (Å²) >= 11 is 0. The van der Waals surface area contributed by atoms with Crippen LogP contribution in [0.3, 0.4) is 0 Å². The van der Waals surface area contributed by atoms with E-state index in [0.717, 1.165) is 28.6 Å². The van der Waals surface area contributed by atoms with Gasteiger partial charge in [-0.15, -0.1) is 5.10 Å². The first-order valence-corrected chi connectivity index (χ1v) is 7.49. The molecule has 126 valence electrons. The highest BCUT2D eigenvalue weighted by Gasteiger charge is 2.29. The van der Waals surface area contributed by atoms with Crippen molar-refractivity contribution in [1.29, 1.82) is 0 Å². The Morgan fingerprint density at radius 1 is 1.04 bits per heavy atom. The number of fused-ring (bicyclic) bond motifs is 1. The van der Waals surface area contributed by atoms with Gasteiger partial charge in [0.1, 0.15) is 5.69 Å². The summed E-state index contributed by atoms with van der Waals surface area (Å²) in [7, 11) is 0. The SMILES string of the molecule is FC(F)(F)c1ccc(Cn2cc(-c3cccc4[nH]ncc34)nn2)cc1. The minimum atomic E-state index is -4.33. The molecule has 0 radical (unpaired) electrons. The fourth-order valence-electron chi connectivity index (χ4n) is 2.68. The average Bonchev–Trinajstić information content (AvgIpc) is 3.23. The van der Waals surface area contributed by atoms with Crippen molar-refractivity contribution in [1.82, 2.24) is 25.2 Å². The smallest absolute Gasteiger partial charge is 0.278 e. The van der Waals surface area contributed by atoms with Gasteiger partial charge in [-0.3, -0.25) is 5.10 Å². The quantitative estimate of drug-likeness (QED) is 0.614. The first-order chi connectivity index (χ1) is 12.0. The van der Waals surface area contributed by atoms with Crippen molar-refractivity contribution in [3.63, 3.8) is 0 Å². The monoisotopic (exact) mass is 343 g/mol. The number of H-pyrrole nitrogens is 1. The number of alkyl halides is 3. The highest BCUT2D eigenvalue weighted by molar-refractivity contribution is 5.92. The number of hydrogen-bond acceptors (Lipinski definition) is 3. The van der Waals surface area contributed by atoms with Gasteiger partial charge in [-0.05, 0) is 23.8 Å². The molecule has 0 aliphatic heterocycles. The second-order valence-electron chi connectivity index (χ2n) is 5.63. The Balaban J connectivity index is 1.59. The van der Waals surface area contributed by atoms with Crippen LogP contribution in [-0.2, 0) is 12.7 Å². The summed E-state index contributed by atoms with van der Waals surface area (Å²) < 4.78 is 39.4. The molecule has 8 heteroatoms. The molecule has 2 aromatic carbocycles. The maximum atomic E-state index is 12.6. The van der Waals surface area contributed by atoms with Crippen molar-refractivity contribution in [2.75, 3.05) is 0 Å². The van der Waals surface area contributed by atoms with Crippen LogP contribution < -0.4 is 0 Å². The lowest BCUT2D eigenvalue weighted by atomic mass is 10.1. The number of halogens is 3. The maximum absolute atomic E-state index is 12.6. The predicted molar refractivity (Wildman–Crippen MR) is 85.7 cm³/mol. The van der Waals surface area contributed by atoms with Crippen LogP contribution in [0.15, 0.2) is 54.9 Å². The zero-order chi connectivity index (χ0) is 17.4. The van der Waals surface area contributed by atoms with E-state index in [1.54, 1.807) is 17.1 Å². The van der Waals surface area contributed by atoms with Crippen molar-refractivity contribution >= 4 is 10.9 Å². The molecule has 0 amide bonds. The molecule has 2 aromatic heterocycles. The third-order valence-corrected chi connectivity index (χ3v) is 3.93. The van der Waals surface area contributed by atoms with E-state index >= 15 is 0 Å². The number of aromatic nitrogens is 5. The zero-order valence-electron chi connectivity index (χ0n) is 12.8. The highest BCUT2D eigenvalue weighted by atomic mass is 19.4. The summed E-state index contributed by atoms with van der Waals surface area (Å²) in [5.74, 6) is 0. The zero-order valence-corrected chi connectivity index (χ0v) is 12.8. The summed E-state index contributed by atoms with van der Waals surface area (Å²) in [6.45, 7) is 0.340. The molecular weight excluding hydrogens is 331 g/mol. The van der Waals surface area contributed by atoms with Gasteiger partial charge < -0.3 is 0 Å². The van der Waals surface area contributed by atoms with E-state index in [0.29, 0.717) is 17.8 Å². The molecule has 0 saturated carbocycles. The minimum Gasteiger partial charge on any atom is -0.278 e. The number of nitrogens with one attached hydrogen (secondary N) is 1. The summed E-state index contributed by atoms with van der Waals surface area (Å²) in [6, 6.07) is 10.8. The third kappa shape index (κ3) is 2.98. The van der Waals surface area contributed by atoms with E-state index in [2.05, 4.69) is 20.5 Å². The minimum absolute atomic E-state index is 0.340. The van der Waals surface area contributed by atoms with Gasteiger partial charge in [0, 0.05) is 10.9 Å². The molecule has 0 bridgehead atoms. The molecule has 0 aliphatic rings. The van der Waals surface area contributed by atoms with Gasteiger partial charge in [-0.1, -0.05) is 29.5 Å². The number of nitrogens with zero attached hydrogens (tertiary/aromatic N) is 4. The van der Waals surface area contributed by atoms with E-state index in [-0.39, 0.29) is 0 Å². The molecule has 2 heterocycles. The molecule has 4 aromatic rings. The lowest BCUT2D eigenvalue weighted by Crippen LogP contribution is -2.05. The molecule has 0 atom stereocenters. The molecule has 25 heavy (non-hydrogen) atoms. The second-order valence-corrected chi connectivity index (χ2v) is 5.63. The Morgan fingerprint density at radius 2 is 1.84 bits per heavy atom. The number of hydrogen-bond donors (Lipinski definition) is 1. The highest BCUT2D eigenvalue weighted by Crippen LogP contribution is 2.29. The van der Waals surface area contributed by atoms with Crippen LogP contribution in [0.5, 0.6) is 0 Å². The van der Waals surface area contributed by atoms with Crippen LogP contribution in [0.25, 0.3) is 22.2 Å². The largest absolute Gasteiger partial charge is 0.416 e. The Kier molecular flexibility index (Phi) is 3.52. The van der Waals surface area contributed by atoms with Crippen molar-refractivity contribution < 1.29 is 13.2 Å². The number of benzene rings is 2. The second kappa shape index (κ2) is 5.73. The summed E-state index contributed by atoms with van der Waals surface area (Å²) in [5, 5.41) is 16.1. The first-order valence-electron chi connectivity index (χ1n) is 7.49. The third-order valence-electron chi connectivity index (χ3n) is 3.93. The van der Waals surface area contributed by atoms with Crippen LogP contribution in [-0.4, -0.2) is 25.2 Å². The van der Waals surface area contributed by atoms with Crippen LogP contribution in [0.2, 0.25) is 0 Å². The van der Waals surface area contributed by atoms with Gasteiger partial charge in [0.15, 0.2) is 0 Å². The molecule has 0 aliphatic carbocycles. The summed E-state index contributed by atoms with van der Waals surface area (Å²) in [5.41, 5.74) is 2.52. The number of rotatable bonds is 3. The Morgan fingerprint density at radius 3 is 2.60 bits per heavy atom. The normalized spacial score (nSPS) is 12.0.